The van der Waals surface area contributed by atoms with E-state index in [2.05, 4.69) is 149 Å². The van der Waals surface area contributed by atoms with Crippen molar-refractivity contribution in [2.45, 2.75) is 38.5 Å². The van der Waals surface area contributed by atoms with Crippen LogP contribution in [0.4, 0.5) is 0 Å². The first kappa shape index (κ1) is 28.5. The van der Waals surface area contributed by atoms with Gasteiger partial charge in [0.1, 0.15) is 0 Å². The van der Waals surface area contributed by atoms with Crippen LogP contribution in [0.25, 0.3) is 77.6 Å². The highest BCUT2D eigenvalue weighted by Crippen LogP contribution is 2.54. The summed E-state index contributed by atoms with van der Waals surface area (Å²) in [7, 11) is 0. The summed E-state index contributed by atoms with van der Waals surface area (Å²) in [6, 6.07) is 49.9. The molecule has 7 aromatic carbocycles. The van der Waals surface area contributed by atoms with Gasteiger partial charge >= 0.3 is 0 Å². The monoisotopic (exact) mass is 617 g/mol. The van der Waals surface area contributed by atoms with Gasteiger partial charge < -0.3 is 0 Å². The Morgan fingerprint density at radius 1 is 0.354 bits per heavy atom. The predicted octanol–water partition coefficient (Wildman–Crippen LogP) is 11.6. The molecule has 0 bridgehead atoms. The van der Waals surface area contributed by atoms with Crippen LogP contribution >= 0.6 is 0 Å². The lowest BCUT2D eigenvalue weighted by Crippen LogP contribution is -2.43. The maximum atomic E-state index is 5.18. The Kier molecular flexibility index (Phi) is 6.20. The Morgan fingerprint density at radius 3 is 1.62 bits per heavy atom. The van der Waals surface area contributed by atoms with E-state index in [1.165, 1.54) is 54.6 Å². The smallest absolute Gasteiger partial charge is 0.164 e. The fourth-order valence-electron chi connectivity index (χ4n) is 7.70. The topological polar surface area (TPSA) is 38.7 Å². The third-order valence-corrected chi connectivity index (χ3v) is 11.1. The molecule has 1 aromatic heterocycles. The predicted molar refractivity (Wildman–Crippen MR) is 200 cm³/mol. The molecule has 0 aliphatic heterocycles. The molecule has 9 rings (SSSR count). The second-order valence-corrected chi connectivity index (χ2v) is 14.1. The van der Waals surface area contributed by atoms with Gasteiger partial charge in [-0.2, -0.15) is 0 Å². The van der Waals surface area contributed by atoms with Crippen molar-refractivity contribution in [1.82, 2.24) is 15.0 Å². The number of nitrogens with zero attached hydrogens (tertiary/aromatic N) is 3. The summed E-state index contributed by atoms with van der Waals surface area (Å²) in [6.07, 6.45) is 0. The van der Waals surface area contributed by atoms with Crippen molar-refractivity contribution in [3.8, 4) is 45.3 Å². The molecule has 0 fully saturated rings. The second kappa shape index (κ2) is 10.4. The number of benzene rings is 7. The van der Waals surface area contributed by atoms with Gasteiger partial charge in [0.25, 0.3) is 0 Å². The van der Waals surface area contributed by atoms with Crippen molar-refractivity contribution < 1.29 is 0 Å². The lowest BCUT2D eigenvalue weighted by Gasteiger charge is -2.48. The highest BCUT2D eigenvalue weighted by molar-refractivity contribution is 6.17. The molecule has 0 spiro atoms. The van der Waals surface area contributed by atoms with Crippen LogP contribution in [0.3, 0.4) is 0 Å². The van der Waals surface area contributed by atoms with E-state index in [1.807, 2.05) is 18.2 Å². The summed E-state index contributed by atoms with van der Waals surface area (Å²) in [6.45, 7) is 9.45. The quantitative estimate of drug-likeness (QED) is 0.185. The van der Waals surface area contributed by atoms with Gasteiger partial charge in [-0.15, -0.1) is 0 Å². The number of fused-ring (bicyclic) bond motifs is 8. The average Bonchev–Trinajstić information content (AvgIpc) is 3.13. The Hall–Kier alpha value is -5.67. The second-order valence-electron chi connectivity index (χ2n) is 14.1. The minimum atomic E-state index is -0.0616. The molecule has 230 valence electrons. The lowest BCUT2D eigenvalue weighted by atomic mass is 9.55. The van der Waals surface area contributed by atoms with E-state index in [0.717, 1.165) is 16.7 Å². The summed E-state index contributed by atoms with van der Waals surface area (Å²) in [4.78, 5) is 15.4. The first-order chi connectivity index (χ1) is 23.3. The minimum Gasteiger partial charge on any atom is -0.208 e. The van der Waals surface area contributed by atoms with Gasteiger partial charge in [0.15, 0.2) is 17.5 Å². The normalized spacial score (nSPS) is 14.6. The van der Waals surface area contributed by atoms with Crippen LogP contribution in [0.5, 0.6) is 0 Å². The summed E-state index contributed by atoms with van der Waals surface area (Å²) in [5, 5.41) is 7.36. The Labute approximate surface area is 281 Å². The summed E-state index contributed by atoms with van der Waals surface area (Å²) >= 11 is 0. The molecule has 0 saturated heterocycles. The van der Waals surface area contributed by atoms with Crippen molar-refractivity contribution in [2.24, 2.45) is 0 Å². The van der Waals surface area contributed by atoms with Gasteiger partial charge in [-0.1, -0.05) is 155 Å². The van der Waals surface area contributed by atoms with E-state index < -0.39 is 0 Å². The van der Waals surface area contributed by atoms with Crippen molar-refractivity contribution in [1.29, 1.82) is 0 Å². The Bertz CT molecular complexity index is 2560. The van der Waals surface area contributed by atoms with Crippen molar-refractivity contribution in [2.75, 3.05) is 0 Å². The van der Waals surface area contributed by atoms with E-state index in [-0.39, 0.29) is 10.8 Å². The molecule has 0 radical (unpaired) electrons. The maximum absolute atomic E-state index is 5.18. The molecule has 0 saturated carbocycles. The van der Waals surface area contributed by atoms with Crippen LogP contribution in [0.15, 0.2) is 140 Å². The third-order valence-electron chi connectivity index (χ3n) is 11.1. The molecule has 1 heterocycles. The number of aromatic nitrogens is 3. The molecule has 0 atom stereocenters. The minimum absolute atomic E-state index is 0.0224. The van der Waals surface area contributed by atoms with E-state index in [9.17, 15) is 0 Å². The fourth-order valence-corrected chi connectivity index (χ4v) is 7.70. The molecule has 8 aromatic rings. The average molecular weight is 618 g/mol. The molecule has 3 heteroatoms. The highest BCUT2D eigenvalue weighted by atomic mass is 15.0. The van der Waals surface area contributed by atoms with E-state index in [1.54, 1.807) is 0 Å². The van der Waals surface area contributed by atoms with Gasteiger partial charge in [-0.05, 0) is 77.5 Å². The molecule has 0 N–H and O–H groups in total. The van der Waals surface area contributed by atoms with E-state index in [4.69, 9.17) is 15.0 Å². The molecule has 0 unspecified atom stereocenters. The van der Waals surface area contributed by atoms with Gasteiger partial charge in [0, 0.05) is 16.7 Å². The Morgan fingerprint density at radius 2 is 0.875 bits per heavy atom. The van der Waals surface area contributed by atoms with Crippen LogP contribution in [0.1, 0.15) is 38.8 Å². The van der Waals surface area contributed by atoms with Gasteiger partial charge in [0.05, 0.1) is 0 Å². The van der Waals surface area contributed by atoms with Crippen LogP contribution in [-0.4, -0.2) is 15.0 Å². The fraction of sp³-hybridized carbons (Fsp3) is 0.133. The first-order valence-electron chi connectivity index (χ1n) is 16.7. The van der Waals surface area contributed by atoms with Crippen molar-refractivity contribution >= 4 is 32.3 Å². The number of hydrogen-bond donors (Lipinski definition) is 0. The highest BCUT2D eigenvalue weighted by Gasteiger charge is 2.45. The molecule has 48 heavy (non-hydrogen) atoms. The summed E-state index contributed by atoms with van der Waals surface area (Å²) in [5.41, 5.74) is 8.09. The van der Waals surface area contributed by atoms with E-state index >= 15 is 0 Å². The molecule has 1 aliphatic rings. The number of hydrogen-bond acceptors (Lipinski definition) is 3. The standard InChI is InChI=1S/C45H35N3/c1-44(2)39-17-11-10-16-36(39)38-27-32(22-25-40(38)45(44,3)4)43-47-41(30-13-6-5-7-14-30)46-42(48-43)31-19-18-29-21-23-34-33-15-9-8-12-28(33)20-24-35(34)37(29)26-31/h5-27H,1-4H3. The van der Waals surface area contributed by atoms with Crippen LogP contribution in [0, 0.1) is 0 Å². The zero-order valence-corrected chi connectivity index (χ0v) is 27.6. The number of rotatable bonds is 3. The largest absolute Gasteiger partial charge is 0.208 e. The van der Waals surface area contributed by atoms with Gasteiger partial charge in [-0.3, -0.25) is 0 Å². The van der Waals surface area contributed by atoms with E-state index in [0.29, 0.717) is 17.5 Å². The van der Waals surface area contributed by atoms with Crippen LogP contribution in [-0.2, 0) is 10.8 Å². The Balaban J connectivity index is 1.25. The molecule has 0 amide bonds. The van der Waals surface area contributed by atoms with Crippen molar-refractivity contribution in [3.63, 3.8) is 0 Å². The lowest BCUT2D eigenvalue weighted by molar-refractivity contribution is 0.299. The zero-order valence-electron chi connectivity index (χ0n) is 27.6. The molecule has 3 nitrogen and oxygen atoms in total. The third kappa shape index (κ3) is 4.24. The summed E-state index contributed by atoms with van der Waals surface area (Å²) < 4.78 is 0. The molecular weight excluding hydrogens is 583 g/mol. The zero-order chi connectivity index (χ0) is 32.6. The molecule has 1 aliphatic carbocycles. The summed E-state index contributed by atoms with van der Waals surface area (Å²) in [5.74, 6) is 2.00. The van der Waals surface area contributed by atoms with Crippen LogP contribution in [0.2, 0.25) is 0 Å². The van der Waals surface area contributed by atoms with Crippen molar-refractivity contribution in [3.05, 3.63) is 151 Å². The van der Waals surface area contributed by atoms with Gasteiger partial charge in [0.2, 0.25) is 0 Å². The van der Waals surface area contributed by atoms with Crippen LogP contribution < -0.4 is 0 Å². The maximum Gasteiger partial charge on any atom is 0.164 e. The van der Waals surface area contributed by atoms with Gasteiger partial charge in [-0.25, -0.2) is 15.0 Å². The first-order valence-corrected chi connectivity index (χ1v) is 16.7. The SMILES string of the molecule is CC1(C)c2ccccc2-c2cc(-c3nc(-c4ccccc4)nc(-c4ccc5ccc6c7ccccc7ccc6c5c4)n3)ccc2C1(C)C. The molecular formula is C45H35N3.